The summed E-state index contributed by atoms with van der Waals surface area (Å²) in [5.41, 5.74) is 6.59. The largest absolute Gasteiger partial charge is 0.457 e. The predicted octanol–water partition coefficient (Wildman–Crippen LogP) is 4.54. The van der Waals surface area contributed by atoms with E-state index in [0.717, 1.165) is 28.2 Å². The van der Waals surface area contributed by atoms with Gasteiger partial charge in [0.2, 0.25) is 0 Å². The normalized spacial score (nSPS) is 12.3. The molecule has 0 fully saturated rings. The number of halogens is 3. The van der Waals surface area contributed by atoms with E-state index in [1.165, 1.54) is 0 Å². The third kappa shape index (κ3) is 3.52. The molecule has 0 saturated heterocycles. The molecule has 2 aromatic carbocycles. The quantitative estimate of drug-likeness (QED) is 0.898. The van der Waals surface area contributed by atoms with Crippen LogP contribution in [0.2, 0.25) is 0 Å². The molecular weight excluding hydrogens is 316 g/mol. The molecule has 5 heteroatoms. The molecule has 0 amide bonds. The van der Waals surface area contributed by atoms with Gasteiger partial charge in [-0.3, -0.25) is 0 Å². The van der Waals surface area contributed by atoms with Gasteiger partial charge in [-0.25, -0.2) is 8.78 Å². The van der Waals surface area contributed by atoms with E-state index in [2.05, 4.69) is 15.9 Å². The van der Waals surface area contributed by atoms with E-state index in [4.69, 9.17) is 10.5 Å². The van der Waals surface area contributed by atoms with Crippen LogP contribution in [-0.4, -0.2) is 0 Å². The van der Waals surface area contributed by atoms with Crippen LogP contribution in [0.1, 0.15) is 18.5 Å². The van der Waals surface area contributed by atoms with Crippen molar-refractivity contribution in [3.63, 3.8) is 0 Å². The Balaban J connectivity index is 2.39. The van der Waals surface area contributed by atoms with Crippen molar-refractivity contribution in [2.45, 2.75) is 13.0 Å². The highest BCUT2D eigenvalue weighted by atomic mass is 79.9. The van der Waals surface area contributed by atoms with Crippen molar-refractivity contribution in [2.24, 2.45) is 5.73 Å². The topological polar surface area (TPSA) is 35.2 Å². The van der Waals surface area contributed by atoms with Gasteiger partial charge < -0.3 is 10.5 Å². The summed E-state index contributed by atoms with van der Waals surface area (Å²) in [7, 11) is 0. The fraction of sp³-hybridized carbons (Fsp3) is 0.143. The fourth-order valence-electron chi connectivity index (χ4n) is 1.69. The molecule has 2 nitrogen and oxygen atoms in total. The third-order valence-electron chi connectivity index (χ3n) is 2.53. The molecule has 2 N–H and O–H groups in total. The van der Waals surface area contributed by atoms with E-state index >= 15 is 0 Å². The molecule has 2 aromatic rings. The van der Waals surface area contributed by atoms with Crippen molar-refractivity contribution in [1.29, 1.82) is 0 Å². The first kappa shape index (κ1) is 14.0. The number of hydrogen-bond donors (Lipinski definition) is 1. The lowest BCUT2D eigenvalue weighted by molar-refractivity contribution is 0.459. The van der Waals surface area contributed by atoms with Gasteiger partial charge in [-0.1, -0.05) is 22.0 Å². The van der Waals surface area contributed by atoms with Crippen LogP contribution in [-0.2, 0) is 0 Å². The second-order valence-electron chi connectivity index (χ2n) is 4.18. The van der Waals surface area contributed by atoms with Crippen molar-refractivity contribution in [2.75, 3.05) is 0 Å². The number of rotatable bonds is 3. The highest BCUT2D eigenvalue weighted by Gasteiger charge is 2.11. The van der Waals surface area contributed by atoms with Gasteiger partial charge in [0.1, 0.15) is 23.1 Å². The van der Waals surface area contributed by atoms with Crippen LogP contribution < -0.4 is 10.5 Å². The monoisotopic (exact) mass is 327 g/mol. The predicted molar refractivity (Wildman–Crippen MR) is 73.2 cm³/mol. The minimum absolute atomic E-state index is 0.0949. The van der Waals surface area contributed by atoms with Crippen LogP contribution in [0.3, 0.4) is 0 Å². The molecule has 0 aromatic heterocycles. The second-order valence-corrected chi connectivity index (χ2v) is 5.09. The molecule has 1 unspecified atom stereocenters. The molecule has 2 rings (SSSR count). The van der Waals surface area contributed by atoms with Gasteiger partial charge in [0, 0.05) is 34.3 Å². The van der Waals surface area contributed by atoms with Gasteiger partial charge in [-0.2, -0.15) is 0 Å². The lowest BCUT2D eigenvalue weighted by Crippen LogP contribution is -2.06. The van der Waals surface area contributed by atoms with Crippen molar-refractivity contribution in [1.82, 2.24) is 0 Å². The van der Waals surface area contributed by atoms with Gasteiger partial charge >= 0.3 is 0 Å². The van der Waals surface area contributed by atoms with Crippen LogP contribution in [0.5, 0.6) is 11.5 Å². The van der Waals surface area contributed by atoms with Crippen LogP contribution in [0.15, 0.2) is 40.9 Å². The summed E-state index contributed by atoms with van der Waals surface area (Å²) < 4.78 is 32.5. The zero-order valence-electron chi connectivity index (χ0n) is 10.2. The Morgan fingerprint density at radius 2 is 1.74 bits per heavy atom. The first-order valence-electron chi connectivity index (χ1n) is 5.64. The standard InChI is InChI=1S/C14H12BrF2NO/c1-8(18)13-3-2-9(15)4-14(13)19-12-6-10(16)5-11(17)7-12/h2-8H,18H2,1H3. The summed E-state index contributed by atoms with van der Waals surface area (Å²) in [4.78, 5) is 0. The smallest absolute Gasteiger partial charge is 0.133 e. The maximum absolute atomic E-state index is 13.1. The Kier molecular flexibility index (Phi) is 4.17. The molecule has 1 atom stereocenters. The molecule has 0 spiro atoms. The van der Waals surface area contributed by atoms with Gasteiger partial charge in [-0.05, 0) is 19.1 Å². The molecule has 0 radical (unpaired) electrons. The number of ether oxygens (including phenoxy) is 1. The minimum Gasteiger partial charge on any atom is -0.457 e. The van der Waals surface area contributed by atoms with Gasteiger partial charge in [0.25, 0.3) is 0 Å². The maximum Gasteiger partial charge on any atom is 0.133 e. The second kappa shape index (κ2) is 5.67. The molecule has 0 heterocycles. The van der Waals surface area contributed by atoms with Crippen LogP contribution >= 0.6 is 15.9 Å². The summed E-state index contributed by atoms with van der Waals surface area (Å²) in [5.74, 6) is -0.813. The Hall–Kier alpha value is -1.46. The van der Waals surface area contributed by atoms with Crippen LogP contribution in [0.25, 0.3) is 0 Å². The van der Waals surface area contributed by atoms with E-state index in [1.54, 1.807) is 12.1 Å². The van der Waals surface area contributed by atoms with Gasteiger partial charge in [0.15, 0.2) is 0 Å². The summed E-state index contributed by atoms with van der Waals surface area (Å²) in [6.45, 7) is 1.81. The first-order chi connectivity index (χ1) is 8.95. The maximum atomic E-state index is 13.1. The van der Waals surface area contributed by atoms with E-state index in [9.17, 15) is 8.78 Å². The Labute approximate surface area is 118 Å². The summed E-state index contributed by atoms with van der Waals surface area (Å²) in [6, 6.07) is 8.13. The van der Waals surface area contributed by atoms with Crippen molar-refractivity contribution in [3.05, 3.63) is 58.1 Å². The van der Waals surface area contributed by atoms with E-state index in [-0.39, 0.29) is 11.8 Å². The molecule has 0 aliphatic rings. The van der Waals surface area contributed by atoms with Gasteiger partial charge in [-0.15, -0.1) is 0 Å². The fourth-order valence-corrected chi connectivity index (χ4v) is 2.03. The first-order valence-corrected chi connectivity index (χ1v) is 6.44. The summed E-state index contributed by atoms with van der Waals surface area (Å²) >= 11 is 3.32. The van der Waals surface area contributed by atoms with Crippen LogP contribution in [0.4, 0.5) is 8.78 Å². The summed E-state index contributed by atoms with van der Waals surface area (Å²) in [6.07, 6.45) is 0. The molecule has 0 aliphatic carbocycles. The van der Waals surface area contributed by atoms with Crippen molar-refractivity contribution in [3.8, 4) is 11.5 Å². The summed E-state index contributed by atoms with van der Waals surface area (Å²) in [5, 5.41) is 0. The average molecular weight is 328 g/mol. The SMILES string of the molecule is CC(N)c1ccc(Br)cc1Oc1cc(F)cc(F)c1. The van der Waals surface area contributed by atoms with E-state index in [0.29, 0.717) is 5.75 Å². The third-order valence-corrected chi connectivity index (χ3v) is 3.02. The molecule has 0 aliphatic heterocycles. The highest BCUT2D eigenvalue weighted by Crippen LogP contribution is 2.32. The minimum atomic E-state index is -0.688. The zero-order valence-corrected chi connectivity index (χ0v) is 11.7. The van der Waals surface area contributed by atoms with Gasteiger partial charge in [0.05, 0.1) is 0 Å². The lowest BCUT2D eigenvalue weighted by atomic mass is 10.1. The number of nitrogens with two attached hydrogens (primary N) is 1. The molecule has 19 heavy (non-hydrogen) atoms. The zero-order chi connectivity index (χ0) is 14.0. The molecule has 100 valence electrons. The average Bonchev–Trinajstić information content (AvgIpc) is 2.26. The Bertz CT molecular complexity index is 582. The number of benzene rings is 2. The number of hydrogen-bond acceptors (Lipinski definition) is 2. The Morgan fingerprint density at radius 1 is 1.11 bits per heavy atom. The Morgan fingerprint density at radius 3 is 2.32 bits per heavy atom. The van der Waals surface area contributed by atoms with E-state index in [1.807, 2.05) is 13.0 Å². The van der Waals surface area contributed by atoms with Crippen LogP contribution in [0, 0.1) is 11.6 Å². The molecule has 0 bridgehead atoms. The van der Waals surface area contributed by atoms with E-state index < -0.39 is 11.6 Å². The molecule has 0 saturated carbocycles. The van der Waals surface area contributed by atoms with Crippen molar-refractivity contribution < 1.29 is 13.5 Å². The lowest BCUT2D eigenvalue weighted by Gasteiger charge is -2.14. The van der Waals surface area contributed by atoms with Crippen molar-refractivity contribution >= 4 is 15.9 Å². The highest BCUT2D eigenvalue weighted by molar-refractivity contribution is 9.10. The molecular formula is C14H12BrF2NO.